The van der Waals surface area contributed by atoms with E-state index < -0.39 is 0 Å². The van der Waals surface area contributed by atoms with Crippen LogP contribution in [0.1, 0.15) is 12.8 Å². The van der Waals surface area contributed by atoms with E-state index in [1.165, 1.54) is 12.8 Å². The predicted molar refractivity (Wildman–Crippen MR) is 72.7 cm³/mol. The molecule has 0 aromatic heterocycles. The third-order valence-corrected chi connectivity index (χ3v) is 3.70. The average Bonchev–Trinajstić information content (AvgIpc) is 3.20. The molecule has 0 spiro atoms. The Hall–Kier alpha value is -1.14. The number of amides is 2. The summed E-state index contributed by atoms with van der Waals surface area (Å²) in [4.78, 5) is 29.2. The first-order valence-electron chi connectivity index (χ1n) is 7.00. The van der Waals surface area contributed by atoms with Crippen LogP contribution in [0.15, 0.2) is 0 Å². The van der Waals surface area contributed by atoms with Crippen molar-refractivity contribution in [3.8, 4) is 0 Å². The summed E-state index contributed by atoms with van der Waals surface area (Å²) in [6, 6.07) is 0.572. The molecule has 2 fully saturated rings. The van der Waals surface area contributed by atoms with Gasteiger partial charge in [-0.25, -0.2) is 0 Å². The zero-order valence-corrected chi connectivity index (χ0v) is 11.9. The molecular weight excluding hydrogens is 244 g/mol. The SMILES string of the molecule is CN(C)C(=O)CN1CCN(C(=O)CNC2CC2)CC1. The maximum atomic E-state index is 11.9. The molecule has 19 heavy (non-hydrogen) atoms. The first-order chi connectivity index (χ1) is 9.06. The third-order valence-electron chi connectivity index (χ3n) is 3.70. The van der Waals surface area contributed by atoms with Crippen LogP contribution in [-0.2, 0) is 9.59 Å². The standard InChI is InChI=1S/C13H24N4O2/c1-15(2)13(19)10-16-5-7-17(8-6-16)12(18)9-14-11-3-4-11/h11,14H,3-10H2,1-2H3. The quantitative estimate of drug-likeness (QED) is 0.693. The van der Waals surface area contributed by atoms with Crippen molar-refractivity contribution in [1.82, 2.24) is 20.0 Å². The van der Waals surface area contributed by atoms with Gasteiger partial charge in [0.25, 0.3) is 0 Å². The van der Waals surface area contributed by atoms with E-state index in [1.54, 1.807) is 19.0 Å². The predicted octanol–water partition coefficient (Wildman–Crippen LogP) is -1.03. The summed E-state index contributed by atoms with van der Waals surface area (Å²) in [5.74, 6) is 0.306. The number of nitrogens with one attached hydrogen (secondary N) is 1. The van der Waals surface area contributed by atoms with Crippen molar-refractivity contribution in [3.63, 3.8) is 0 Å². The number of likely N-dealkylation sites (N-methyl/N-ethyl adjacent to an activating group) is 1. The van der Waals surface area contributed by atoms with E-state index in [4.69, 9.17) is 0 Å². The number of piperazine rings is 1. The van der Waals surface area contributed by atoms with Gasteiger partial charge in [0.2, 0.25) is 11.8 Å². The Kier molecular flexibility index (Phi) is 4.76. The number of hydrogen-bond acceptors (Lipinski definition) is 4. The number of carbonyl (C=O) groups is 2. The fourth-order valence-corrected chi connectivity index (χ4v) is 2.12. The van der Waals surface area contributed by atoms with Gasteiger partial charge in [-0.1, -0.05) is 0 Å². The molecule has 6 nitrogen and oxygen atoms in total. The Morgan fingerprint density at radius 1 is 1.16 bits per heavy atom. The van der Waals surface area contributed by atoms with Crippen LogP contribution in [0.4, 0.5) is 0 Å². The Balaban J connectivity index is 1.66. The van der Waals surface area contributed by atoms with Crippen molar-refractivity contribution in [2.45, 2.75) is 18.9 Å². The van der Waals surface area contributed by atoms with Crippen LogP contribution in [-0.4, -0.2) is 85.9 Å². The van der Waals surface area contributed by atoms with Gasteiger partial charge in [0.05, 0.1) is 13.1 Å². The van der Waals surface area contributed by atoms with E-state index in [1.807, 2.05) is 4.90 Å². The third kappa shape index (κ3) is 4.47. The van der Waals surface area contributed by atoms with Crippen LogP contribution in [0, 0.1) is 0 Å². The Morgan fingerprint density at radius 2 is 1.79 bits per heavy atom. The molecule has 0 aromatic carbocycles. The highest BCUT2D eigenvalue weighted by atomic mass is 16.2. The number of rotatable bonds is 5. The van der Waals surface area contributed by atoms with Gasteiger partial charge in [0.15, 0.2) is 0 Å². The van der Waals surface area contributed by atoms with Crippen LogP contribution < -0.4 is 5.32 Å². The lowest BCUT2D eigenvalue weighted by Gasteiger charge is -2.34. The minimum absolute atomic E-state index is 0.121. The summed E-state index contributed by atoms with van der Waals surface area (Å²) in [7, 11) is 3.54. The molecule has 2 amide bonds. The maximum Gasteiger partial charge on any atom is 0.236 e. The highest BCUT2D eigenvalue weighted by molar-refractivity contribution is 5.79. The van der Waals surface area contributed by atoms with E-state index in [9.17, 15) is 9.59 Å². The smallest absolute Gasteiger partial charge is 0.236 e. The van der Waals surface area contributed by atoms with Gasteiger partial charge in [-0.2, -0.15) is 0 Å². The molecule has 1 aliphatic carbocycles. The molecular formula is C13H24N4O2. The van der Waals surface area contributed by atoms with E-state index >= 15 is 0 Å². The van der Waals surface area contributed by atoms with Gasteiger partial charge in [-0.15, -0.1) is 0 Å². The molecule has 0 atom stereocenters. The van der Waals surface area contributed by atoms with Gasteiger partial charge in [0, 0.05) is 46.3 Å². The summed E-state index contributed by atoms with van der Waals surface area (Å²) in [6.07, 6.45) is 2.40. The molecule has 108 valence electrons. The van der Waals surface area contributed by atoms with Crippen molar-refractivity contribution in [2.75, 3.05) is 53.4 Å². The van der Waals surface area contributed by atoms with E-state index in [2.05, 4.69) is 10.2 Å². The Labute approximate surface area is 114 Å². The molecule has 1 saturated carbocycles. The molecule has 0 aromatic rings. The highest BCUT2D eigenvalue weighted by Crippen LogP contribution is 2.18. The van der Waals surface area contributed by atoms with Crippen molar-refractivity contribution in [2.24, 2.45) is 0 Å². The number of carbonyl (C=O) groups excluding carboxylic acids is 2. The van der Waals surface area contributed by atoms with E-state index in [0.717, 1.165) is 26.2 Å². The topological polar surface area (TPSA) is 55.9 Å². The lowest BCUT2D eigenvalue weighted by Crippen LogP contribution is -2.52. The maximum absolute atomic E-state index is 11.9. The fraction of sp³-hybridized carbons (Fsp3) is 0.846. The van der Waals surface area contributed by atoms with Crippen LogP contribution in [0.3, 0.4) is 0 Å². The second-order valence-corrected chi connectivity index (χ2v) is 5.60. The van der Waals surface area contributed by atoms with E-state index in [-0.39, 0.29) is 11.8 Å². The Bertz CT molecular complexity index is 334. The second-order valence-electron chi connectivity index (χ2n) is 5.60. The molecule has 1 saturated heterocycles. The molecule has 0 unspecified atom stereocenters. The average molecular weight is 268 g/mol. The van der Waals surface area contributed by atoms with Crippen molar-refractivity contribution >= 4 is 11.8 Å². The molecule has 6 heteroatoms. The van der Waals surface area contributed by atoms with Gasteiger partial charge < -0.3 is 15.1 Å². The van der Waals surface area contributed by atoms with Crippen LogP contribution in [0.2, 0.25) is 0 Å². The first kappa shape index (κ1) is 14.3. The summed E-state index contributed by atoms with van der Waals surface area (Å²) >= 11 is 0. The largest absolute Gasteiger partial charge is 0.348 e. The fourth-order valence-electron chi connectivity index (χ4n) is 2.12. The number of nitrogens with zero attached hydrogens (tertiary/aromatic N) is 3. The lowest BCUT2D eigenvalue weighted by atomic mass is 10.3. The van der Waals surface area contributed by atoms with Crippen molar-refractivity contribution < 1.29 is 9.59 Å². The van der Waals surface area contributed by atoms with Crippen LogP contribution >= 0.6 is 0 Å². The van der Waals surface area contributed by atoms with Crippen LogP contribution in [0.5, 0.6) is 0 Å². The minimum Gasteiger partial charge on any atom is -0.348 e. The van der Waals surface area contributed by atoms with Crippen molar-refractivity contribution in [3.05, 3.63) is 0 Å². The van der Waals surface area contributed by atoms with Gasteiger partial charge in [0.1, 0.15) is 0 Å². The molecule has 1 aliphatic heterocycles. The zero-order valence-electron chi connectivity index (χ0n) is 11.9. The second kappa shape index (κ2) is 6.34. The van der Waals surface area contributed by atoms with Gasteiger partial charge in [-0.3, -0.25) is 14.5 Å². The molecule has 0 radical (unpaired) electrons. The molecule has 2 rings (SSSR count). The van der Waals surface area contributed by atoms with E-state index in [0.29, 0.717) is 19.1 Å². The summed E-state index contributed by atoms with van der Waals surface area (Å²) in [6.45, 7) is 3.94. The molecule has 2 aliphatic rings. The summed E-state index contributed by atoms with van der Waals surface area (Å²) < 4.78 is 0. The monoisotopic (exact) mass is 268 g/mol. The molecule has 1 heterocycles. The number of hydrogen-bond donors (Lipinski definition) is 1. The molecule has 1 N–H and O–H groups in total. The zero-order chi connectivity index (χ0) is 13.8. The summed E-state index contributed by atoms with van der Waals surface area (Å²) in [5, 5.41) is 3.25. The normalized spacial score (nSPS) is 20.4. The molecule has 0 bridgehead atoms. The first-order valence-corrected chi connectivity index (χ1v) is 7.00. The Morgan fingerprint density at radius 3 is 2.32 bits per heavy atom. The van der Waals surface area contributed by atoms with Crippen LogP contribution in [0.25, 0.3) is 0 Å². The summed E-state index contributed by atoms with van der Waals surface area (Å²) in [5.41, 5.74) is 0. The highest BCUT2D eigenvalue weighted by Gasteiger charge is 2.25. The minimum atomic E-state index is 0.121. The van der Waals surface area contributed by atoms with Crippen molar-refractivity contribution in [1.29, 1.82) is 0 Å². The van der Waals surface area contributed by atoms with Gasteiger partial charge >= 0.3 is 0 Å². The van der Waals surface area contributed by atoms with Gasteiger partial charge in [-0.05, 0) is 12.8 Å². The lowest BCUT2D eigenvalue weighted by molar-refractivity contribution is -0.133.